The molecule has 2 N–H and O–H groups in total. The number of thiocarbonyl (C=S) groups is 1. The molecule has 1 aliphatic rings. The number of ether oxygens (including phenoxy) is 1. The minimum absolute atomic E-state index is 0.00166. The lowest BCUT2D eigenvalue weighted by Gasteiger charge is -2.34. The second kappa shape index (κ2) is 4.73. The SMILES string of the molecule is C[C@@H]1CN(S(=O)(=O)CC(N)=S)C[C@H](C)O1. The van der Waals surface area contributed by atoms with E-state index in [0.717, 1.165) is 0 Å². The molecular formula is C8H16N2O3S2. The van der Waals surface area contributed by atoms with E-state index in [1.807, 2.05) is 13.8 Å². The van der Waals surface area contributed by atoms with Crippen LogP contribution in [0.25, 0.3) is 0 Å². The summed E-state index contributed by atoms with van der Waals surface area (Å²) in [5.74, 6) is -0.262. The molecule has 0 aromatic heterocycles. The van der Waals surface area contributed by atoms with Gasteiger partial charge in [0.1, 0.15) is 5.75 Å². The van der Waals surface area contributed by atoms with E-state index in [9.17, 15) is 8.42 Å². The van der Waals surface area contributed by atoms with Crippen molar-refractivity contribution in [3.8, 4) is 0 Å². The Morgan fingerprint density at radius 2 is 1.93 bits per heavy atom. The van der Waals surface area contributed by atoms with E-state index in [0.29, 0.717) is 13.1 Å². The summed E-state index contributed by atoms with van der Waals surface area (Å²) in [5, 5.41) is 0. The molecule has 1 saturated heterocycles. The van der Waals surface area contributed by atoms with Crippen molar-refractivity contribution in [2.45, 2.75) is 26.1 Å². The van der Waals surface area contributed by atoms with Crippen molar-refractivity contribution >= 4 is 27.2 Å². The predicted molar refractivity (Wildman–Crippen MR) is 62.2 cm³/mol. The lowest BCUT2D eigenvalue weighted by Crippen LogP contribution is -2.49. The average molecular weight is 252 g/mol. The van der Waals surface area contributed by atoms with Gasteiger partial charge in [0.25, 0.3) is 0 Å². The Balaban J connectivity index is 2.74. The maximum atomic E-state index is 11.8. The number of morpholine rings is 1. The number of rotatable bonds is 3. The van der Waals surface area contributed by atoms with Crippen LogP contribution in [-0.4, -0.2) is 48.8 Å². The summed E-state index contributed by atoms with van der Waals surface area (Å²) in [6, 6.07) is 0. The third-order valence-electron chi connectivity index (χ3n) is 2.10. The maximum Gasteiger partial charge on any atom is 0.220 e. The predicted octanol–water partition coefficient (Wildman–Crippen LogP) is -0.288. The van der Waals surface area contributed by atoms with E-state index in [1.54, 1.807) is 0 Å². The quantitative estimate of drug-likeness (QED) is 0.699. The monoisotopic (exact) mass is 252 g/mol. The third kappa shape index (κ3) is 3.67. The number of sulfonamides is 1. The topological polar surface area (TPSA) is 72.6 Å². The standard InChI is InChI=1S/C8H16N2O3S2/c1-6-3-10(4-7(2)13-6)15(11,12)5-8(9)14/h6-7H,3-5H2,1-2H3,(H2,9,14)/t6-,7+. The lowest BCUT2D eigenvalue weighted by molar-refractivity contribution is -0.0439. The fourth-order valence-electron chi connectivity index (χ4n) is 1.63. The molecule has 0 aromatic rings. The first kappa shape index (κ1) is 12.8. The Kier molecular flexibility index (Phi) is 4.05. The Labute approximate surface area is 95.6 Å². The molecule has 1 fully saturated rings. The minimum atomic E-state index is -3.36. The Morgan fingerprint density at radius 3 is 2.33 bits per heavy atom. The van der Waals surface area contributed by atoms with E-state index >= 15 is 0 Å². The molecule has 1 rings (SSSR count). The molecule has 0 amide bonds. The lowest BCUT2D eigenvalue weighted by atomic mass is 10.3. The van der Waals surface area contributed by atoms with Gasteiger partial charge in [-0.15, -0.1) is 0 Å². The highest BCUT2D eigenvalue weighted by molar-refractivity contribution is 7.92. The highest BCUT2D eigenvalue weighted by atomic mass is 32.2. The van der Waals surface area contributed by atoms with Gasteiger partial charge in [-0.1, -0.05) is 12.2 Å². The van der Waals surface area contributed by atoms with Crippen molar-refractivity contribution in [2.24, 2.45) is 5.73 Å². The van der Waals surface area contributed by atoms with Gasteiger partial charge in [-0.2, -0.15) is 4.31 Å². The molecule has 0 saturated carbocycles. The number of hydrogen-bond acceptors (Lipinski definition) is 4. The number of nitrogens with zero attached hydrogens (tertiary/aromatic N) is 1. The van der Waals surface area contributed by atoms with Gasteiger partial charge in [0.05, 0.1) is 17.2 Å². The zero-order chi connectivity index (χ0) is 11.6. The molecule has 0 unspecified atom stereocenters. The highest BCUT2D eigenvalue weighted by Crippen LogP contribution is 2.14. The van der Waals surface area contributed by atoms with Crippen LogP contribution >= 0.6 is 12.2 Å². The van der Waals surface area contributed by atoms with Crippen LogP contribution in [0.4, 0.5) is 0 Å². The van der Waals surface area contributed by atoms with Crippen LogP contribution in [0.15, 0.2) is 0 Å². The van der Waals surface area contributed by atoms with Crippen LogP contribution < -0.4 is 5.73 Å². The van der Waals surface area contributed by atoms with Gasteiger partial charge in [-0.05, 0) is 13.8 Å². The molecule has 1 aliphatic heterocycles. The Hall–Kier alpha value is -0.240. The maximum absolute atomic E-state index is 11.8. The number of hydrogen-bond donors (Lipinski definition) is 1. The van der Waals surface area contributed by atoms with E-state index < -0.39 is 10.0 Å². The minimum Gasteiger partial charge on any atom is -0.392 e. The summed E-state index contributed by atoms with van der Waals surface area (Å²) in [6.45, 7) is 4.43. The van der Waals surface area contributed by atoms with Crippen molar-refractivity contribution in [3.63, 3.8) is 0 Å². The summed E-state index contributed by atoms with van der Waals surface area (Å²) < 4.78 is 30.4. The number of nitrogens with two attached hydrogens (primary N) is 1. The molecule has 2 atom stereocenters. The van der Waals surface area contributed by atoms with Crippen molar-refractivity contribution in [1.29, 1.82) is 0 Å². The molecule has 7 heteroatoms. The second-order valence-corrected chi connectivity index (χ2v) is 6.29. The molecule has 1 heterocycles. The van der Waals surface area contributed by atoms with Gasteiger partial charge >= 0.3 is 0 Å². The first-order chi connectivity index (χ1) is 6.81. The third-order valence-corrected chi connectivity index (χ3v) is 4.19. The van der Waals surface area contributed by atoms with E-state index in [2.05, 4.69) is 12.2 Å². The highest BCUT2D eigenvalue weighted by Gasteiger charge is 2.31. The summed E-state index contributed by atoms with van der Waals surface area (Å²) in [5.41, 5.74) is 5.25. The Bertz CT molecular complexity index is 332. The molecule has 0 aliphatic carbocycles. The first-order valence-corrected chi connectivity index (χ1v) is 6.74. The van der Waals surface area contributed by atoms with Crippen LogP contribution in [0.2, 0.25) is 0 Å². The normalized spacial score (nSPS) is 28.9. The summed E-state index contributed by atoms with van der Waals surface area (Å²) in [7, 11) is -3.36. The molecule has 0 radical (unpaired) electrons. The van der Waals surface area contributed by atoms with E-state index in [4.69, 9.17) is 10.5 Å². The second-order valence-electron chi connectivity index (χ2n) is 3.80. The fourth-order valence-corrected chi connectivity index (χ4v) is 3.49. The zero-order valence-electron chi connectivity index (χ0n) is 8.84. The van der Waals surface area contributed by atoms with Crippen LogP contribution in [0.5, 0.6) is 0 Å². The molecule has 5 nitrogen and oxygen atoms in total. The molecule has 0 spiro atoms. The largest absolute Gasteiger partial charge is 0.392 e. The Morgan fingerprint density at radius 1 is 1.47 bits per heavy atom. The first-order valence-electron chi connectivity index (χ1n) is 4.73. The molecule has 0 bridgehead atoms. The van der Waals surface area contributed by atoms with Gasteiger partial charge < -0.3 is 10.5 Å². The van der Waals surface area contributed by atoms with E-state index in [-0.39, 0.29) is 22.9 Å². The molecule has 15 heavy (non-hydrogen) atoms. The molecular weight excluding hydrogens is 236 g/mol. The van der Waals surface area contributed by atoms with Crippen molar-refractivity contribution in [2.75, 3.05) is 18.8 Å². The summed E-state index contributed by atoms with van der Waals surface area (Å²) in [6.07, 6.45) is -0.176. The summed E-state index contributed by atoms with van der Waals surface area (Å²) >= 11 is 4.61. The van der Waals surface area contributed by atoms with E-state index in [1.165, 1.54) is 4.31 Å². The smallest absolute Gasteiger partial charge is 0.220 e. The molecule has 88 valence electrons. The summed E-state index contributed by atoms with van der Waals surface area (Å²) in [4.78, 5) is 0.00166. The zero-order valence-corrected chi connectivity index (χ0v) is 10.5. The van der Waals surface area contributed by atoms with Crippen LogP contribution in [0.1, 0.15) is 13.8 Å². The fraction of sp³-hybridized carbons (Fsp3) is 0.875. The van der Waals surface area contributed by atoms with Crippen molar-refractivity contribution < 1.29 is 13.2 Å². The van der Waals surface area contributed by atoms with Gasteiger partial charge in [0, 0.05) is 13.1 Å². The van der Waals surface area contributed by atoms with Gasteiger partial charge in [0.2, 0.25) is 10.0 Å². The van der Waals surface area contributed by atoms with Gasteiger partial charge in [-0.3, -0.25) is 0 Å². The van der Waals surface area contributed by atoms with Crippen LogP contribution in [0.3, 0.4) is 0 Å². The van der Waals surface area contributed by atoms with Crippen LogP contribution in [0, 0.1) is 0 Å². The van der Waals surface area contributed by atoms with Crippen molar-refractivity contribution in [3.05, 3.63) is 0 Å². The van der Waals surface area contributed by atoms with Gasteiger partial charge in [-0.25, -0.2) is 8.42 Å². The van der Waals surface area contributed by atoms with Crippen molar-refractivity contribution in [1.82, 2.24) is 4.31 Å². The molecule has 0 aromatic carbocycles. The van der Waals surface area contributed by atoms with Crippen LogP contribution in [-0.2, 0) is 14.8 Å². The average Bonchev–Trinajstić information content (AvgIpc) is 1.99. The van der Waals surface area contributed by atoms with Gasteiger partial charge in [0.15, 0.2) is 0 Å².